The average Bonchev–Trinajstić information content (AvgIpc) is 2.24. The minimum Gasteiger partial charge on any atom is -0.327 e. The van der Waals surface area contributed by atoms with Crippen LogP contribution in [0.3, 0.4) is 0 Å². The number of nitrogens with two attached hydrogens (primary N) is 1. The highest BCUT2D eigenvalue weighted by atomic mass is 79.9. The Morgan fingerprint density at radius 1 is 1.44 bits per heavy atom. The van der Waals surface area contributed by atoms with Gasteiger partial charge in [0.1, 0.15) is 0 Å². The second-order valence-corrected chi connectivity index (χ2v) is 6.24. The molecule has 0 aromatic heterocycles. The first-order valence-electron chi connectivity index (χ1n) is 5.80. The number of hydrogen-bond donors (Lipinski definition) is 1. The van der Waals surface area contributed by atoms with Crippen molar-refractivity contribution >= 4 is 27.7 Å². The first-order valence-corrected chi connectivity index (χ1v) is 7.75. The maximum atomic E-state index is 6.11. The Labute approximate surface area is 111 Å². The number of benzene rings is 1. The van der Waals surface area contributed by atoms with Crippen LogP contribution in [0.2, 0.25) is 0 Å². The van der Waals surface area contributed by atoms with Crippen molar-refractivity contribution in [3.05, 3.63) is 34.3 Å². The summed E-state index contributed by atoms with van der Waals surface area (Å²) in [6.07, 6.45) is 3.34. The summed E-state index contributed by atoms with van der Waals surface area (Å²) in [5.74, 6) is 2.45. The van der Waals surface area contributed by atoms with Gasteiger partial charge in [-0.2, -0.15) is 11.8 Å². The quantitative estimate of drug-likeness (QED) is 0.774. The van der Waals surface area contributed by atoms with E-state index in [-0.39, 0.29) is 0 Å². The first kappa shape index (κ1) is 14.1. The van der Waals surface area contributed by atoms with Crippen molar-refractivity contribution in [2.24, 2.45) is 5.73 Å². The smallest absolute Gasteiger partial charge is 0.0178 e. The molecule has 1 unspecified atom stereocenters. The Morgan fingerprint density at radius 3 is 2.94 bits per heavy atom. The number of hydrogen-bond acceptors (Lipinski definition) is 2. The van der Waals surface area contributed by atoms with Crippen molar-refractivity contribution in [3.8, 4) is 0 Å². The number of halogens is 1. The summed E-state index contributed by atoms with van der Waals surface area (Å²) in [7, 11) is 0. The van der Waals surface area contributed by atoms with Crippen molar-refractivity contribution in [2.75, 3.05) is 11.5 Å². The lowest BCUT2D eigenvalue weighted by Gasteiger charge is -2.11. The molecule has 0 heterocycles. The van der Waals surface area contributed by atoms with Crippen molar-refractivity contribution in [2.45, 2.75) is 32.2 Å². The molecule has 1 rings (SSSR count). The number of thioether (sulfide) groups is 1. The van der Waals surface area contributed by atoms with Crippen LogP contribution in [0.1, 0.15) is 25.3 Å². The van der Waals surface area contributed by atoms with Gasteiger partial charge in [0.15, 0.2) is 0 Å². The third-order valence-electron chi connectivity index (χ3n) is 2.45. The van der Waals surface area contributed by atoms with E-state index in [1.54, 1.807) is 0 Å². The van der Waals surface area contributed by atoms with Crippen LogP contribution in [0.25, 0.3) is 0 Å². The fourth-order valence-corrected chi connectivity index (χ4v) is 2.77. The lowest BCUT2D eigenvalue weighted by atomic mass is 10.0. The Morgan fingerprint density at radius 2 is 2.25 bits per heavy atom. The van der Waals surface area contributed by atoms with Crippen molar-refractivity contribution in [1.82, 2.24) is 0 Å². The van der Waals surface area contributed by atoms with Crippen LogP contribution in [0.15, 0.2) is 28.7 Å². The van der Waals surface area contributed by atoms with E-state index in [1.165, 1.54) is 23.5 Å². The molecule has 3 heteroatoms. The van der Waals surface area contributed by atoms with Crippen molar-refractivity contribution in [3.63, 3.8) is 0 Å². The minimum absolute atomic E-state index is 0.298. The Hall–Kier alpha value is 0.01000. The molecule has 0 fully saturated rings. The van der Waals surface area contributed by atoms with Gasteiger partial charge >= 0.3 is 0 Å². The van der Waals surface area contributed by atoms with E-state index in [1.807, 2.05) is 17.8 Å². The standard InChI is InChI=1S/C13H20BrNS/c1-2-16-8-4-7-13(15)10-11-5-3-6-12(14)9-11/h3,5-6,9,13H,2,4,7-8,10,15H2,1H3. The molecular weight excluding hydrogens is 282 g/mol. The topological polar surface area (TPSA) is 26.0 Å². The molecule has 0 aliphatic heterocycles. The number of rotatable bonds is 7. The SMILES string of the molecule is CCSCCCC(N)Cc1cccc(Br)c1. The van der Waals surface area contributed by atoms with Crippen LogP contribution in [0.4, 0.5) is 0 Å². The summed E-state index contributed by atoms with van der Waals surface area (Å²) in [6, 6.07) is 8.71. The molecule has 2 N–H and O–H groups in total. The van der Waals surface area contributed by atoms with E-state index in [0.717, 1.165) is 17.3 Å². The van der Waals surface area contributed by atoms with Crippen molar-refractivity contribution in [1.29, 1.82) is 0 Å². The summed E-state index contributed by atoms with van der Waals surface area (Å²) >= 11 is 5.48. The summed E-state index contributed by atoms with van der Waals surface area (Å²) in [4.78, 5) is 0. The van der Waals surface area contributed by atoms with Gasteiger partial charge in [0.05, 0.1) is 0 Å². The zero-order valence-corrected chi connectivity index (χ0v) is 12.2. The third-order valence-corrected chi connectivity index (χ3v) is 3.93. The second kappa shape index (κ2) is 8.15. The summed E-state index contributed by atoms with van der Waals surface area (Å²) in [5, 5.41) is 0. The molecule has 1 aromatic rings. The van der Waals surface area contributed by atoms with Crippen LogP contribution in [-0.4, -0.2) is 17.5 Å². The van der Waals surface area contributed by atoms with E-state index in [4.69, 9.17) is 5.73 Å². The molecule has 0 radical (unpaired) electrons. The van der Waals surface area contributed by atoms with Gasteiger partial charge in [0, 0.05) is 10.5 Å². The molecule has 90 valence electrons. The first-order chi connectivity index (χ1) is 7.72. The van der Waals surface area contributed by atoms with Crippen LogP contribution in [-0.2, 0) is 6.42 Å². The zero-order valence-electron chi connectivity index (χ0n) is 9.79. The Bertz CT molecular complexity index is 304. The van der Waals surface area contributed by atoms with Crippen LogP contribution in [0, 0.1) is 0 Å². The molecule has 0 bridgehead atoms. The summed E-state index contributed by atoms with van der Waals surface area (Å²) < 4.78 is 1.14. The molecule has 0 aliphatic carbocycles. The van der Waals surface area contributed by atoms with Crippen LogP contribution >= 0.6 is 27.7 Å². The molecule has 0 spiro atoms. The van der Waals surface area contributed by atoms with Crippen LogP contribution < -0.4 is 5.73 Å². The molecule has 1 aromatic carbocycles. The predicted octanol–water partition coefficient (Wildman–Crippen LogP) is 3.85. The largest absolute Gasteiger partial charge is 0.327 e. The molecule has 0 saturated heterocycles. The van der Waals surface area contributed by atoms with E-state index >= 15 is 0 Å². The minimum atomic E-state index is 0.298. The molecular formula is C13H20BrNS. The maximum Gasteiger partial charge on any atom is 0.0178 e. The van der Waals surface area contributed by atoms with Gasteiger partial charge < -0.3 is 5.73 Å². The molecule has 0 saturated carbocycles. The van der Waals surface area contributed by atoms with Gasteiger partial charge in [0.25, 0.3) is 0 Å². The van der Waals surface area contributed by atoms with Crippen molar-refractivity contribution < 1.29 is 0 Å². The highest BCUT2D eigenvalue weighted by Crippen LogP contribution is 2.14. The fourth-order valence-electron chi connectivity index (χ4n) is 1.66. The zero-order chi connectivity index (χ0) is 11.8. The van der Waals surface area contributed by atoms with E-state index in [0.29, 0.717) is 6.04 Å². The average molecular weight is 302 g/mol. The lowest BCUT2D eigenvalue weighted by molar-refractivity contribution is 0.603. The summed E-state index contributed by atoms with van der Waals surface area (Å²) in [6.45, 7) is 2.20. The highest BCUT2D eigenvalue weighted by molar-refractivity contribution is 9.10. The van der Waals surface area contributed by atoms with E-state index in [2.05, 4.69) is 41.1 Å². The van der Waals surface area contributed by atoms with Gasteiger partial charge in [-0.3, -0.25) is 0 Å². The van der Waals surface area contributed by atoms with Crippen LogP contribution in [0.5, 0.6) is 0 Å². The Kier molecular flexibility index (Phi) is 7.17. The third kappa shape index (κ3) is 5.92. The molecule has 1 atom stereocenters. The highest BCUT2D eigenvalue weighted by Gasteiger charge is 2.04. The second-order valence-electron chi connectivity index (χ2n) is 3.93. The monoisotopic (exact) mass is 301 g/mol. The fraction of sp³-hybridized carbons (Fsp3) is 0.538. The Balaban J connectivity index is 2.25. The maximum absolute atomic E-state index is 6.11. The van der Waals surface area contributed by atoms with Gasteiger partial charge in [-0.05, 0) is 48.5 Å². The molecule has 1 nitrogen and oxygen atoms in total. The summed E-state index contributed by atoms with van der Waals surface area (Å²) in [5.41, 5.74) is 7.44. The van der Waals surface area contributed by atoms with Gasteiger partial charge in [-0.15, -0.1) is 0 Å². The van der Waals surface area contributed by atoms with Gasteiger partial charge in [-0.1, -0.05) is 35.0 Å². The van der Waals surface area contributed by atoms with E-state index < -0.39 is 0 Å². The molecule has 0 aliphatic rings. The molecule has 0 amide bonds. The van der Waals surface area contributed by atoms with E-state index in [9.17, 15) is 0 Å². The molecule has 16 heavy (non-hydrogen) atoms. The lowest BCUT2D eigenvalue weighted by Crippen LogP contribution is -2.22. The van der Waals surface area contributed by atoms with Gasteiger partial charge in [-0.25, -0.2) is 0 Å². The van der Waals surface area contributed by atoms with Gasteiger partial charge in [0.2, 0.25) is 0 Å². The normalized spacial score (nSPS) is 12.7. The predicted molar refractivity (Wildman–Crippen MR) is 78.1 cm³/mol.